The van der Waals surface area contributed by atoms with Crippen LogP contribution < -0.4 is 10.6 Å². The van der Waals surface area contributed by atoms with Gasteiger partial charge in [0, 0.05) is 18.8 Å². The Hall–Kier alpha value is -1.02. The number of unbranched alkanes of at least 4 members (excludes halogenated alkanes) is 15. The van der Waals surface area contributed by atoms with Crippen molar-refractivity contribution in [1.82, 2.24) is 0 Å². The molecule has 0 spiro atoms. The highest BCUT2D eigenvalue weighted by Gasteiger charge is 2.09. The summed E-state index contributed by atoms with van der Waals surface area (Å²) in [5.74, 6) is 0. The Morgan fingerprint density at radius 2 is 1.06 bits per heavy atom. The molecule has 0 heterocycles. The maximum Gasteiger partial charge on any atom is 0.0396 e. The Kier molecular flexibility index (Phi) is 17.8. The first-order valence-corrected chi connectivity index (χ1v) is 13.7. The minimum atomic E-state index is 0.778. The van der Waals surface area contributed by atoms with Gasteiger partial charge in [-0.25, -0.2) is 0 Å². The number of nitrogens with two attached hydrogens (primary N) is 1. The molecule has 0 radical (unpaired) electrons. The van der Waals surface area contributed by atoms with Crippen LogP contribution in [0.2, 0.25) is 0 Å². The molecule has 1 rings (SSSR count). The molecule has 0 saturated heterocycles. The average molecular weight is 431 g/mol. The van der Waals surface area contributed by atoms with Gasteiger partial charge in [-0.05, 0) is 44.9 Å². The zero-order valence-electron chi connectivity index (χ0n) is 21.4. The van der Waals surface area contributed by atoms with Crippen LogP contribution in [0.5, 0.6) is 0 Å². The Balaban J connectivity index is 2.01. The molecule has 0 atom stereocenters. The Morgan fingerprint density at radius 1 is 0.613 bits per heavy atom. The molecule has 31 heavy (non-hydrogen) atoms. The van der Waals surface area contributed by atoms with Gasteiger partial charge in [0.05, 0.1) is 0 Å². The Labute approximate surface area is 195 Å². The summed E-state index contributed by atoms with van der Waals surface area (Å²) in [5, 5.41) is 0. The smallest absolute Gasteiger partial charge is 0.0396 e. The molecule has 0 aliphatic carbocycles. The van der Waals surface area contributed by atoms with Crippen molar-refractivity contribution in [2.24, 2.45) is 5.73 Å². The van der Waals surface area contributed by atoms with Crippen LogP contribution in [0.1, 0.15) is 127 Å². The highest BCUT2D eigenvalue weighted by molar-refractivity contribution is 5.54. The van der Waals surface area contributed by atoms with Crippen molar-refractivity contribution in [1.29, 1.82) is 0 Å². The van der Waals surface area contributed by atoms with Crippen LogP contribution in [0.3, 0.4) is 0 Å². The fourth-order valence-corrected chi connectivity index (χ4v) is 4.65. The van der Waals surface area contributed by atoms with E-state index in [1.54, 1.807) is 0 Å². The second kappa shape index (κ2) is 19.6. The molecule has 0 aliphatic heterocycles. The van der Waals surface area contributed by atoms with Crippen LogP contribution in [0.4, 0.5) is 5.69 Å². The minimum Gasteiger partial charge on any atom is -0.371 e. The van der Waals surface area contributed by atoms with Crippen LogP contribution in [0, 0.1) is 13.8 Å². The summed E-state index contributed by atoms with van der Waals surface area (Å²) in [6.07, 6.45) is 23.9. The number of hydrogen-bond donors (Lipinski definition) is 1. The monoisotopic (exact) mass is 430 g/mol. The third-order valence-corrected chi connectivity index (χ3v) is 6.61. The lowest BCUT2D eigenvalue weighted by Crippen LogP contribution is -2.28. The van der Waals surface area contributed by atoms with E-state index in [4.69, 9.17) is 5.73 Å². The van der Waals surface area contributed by atoms with E-state index in [0.29, 0.717) is 0 Å². The third-order valence-electron chi connectivity index (χ3n) is 6.61. The lowest BCUT2D eigenvalue weighted by molar-refractivity contribution is 0.528. The molecule has 0 amide bonds. The van der Waals surface area contributed by atoms with Crippen molar-refractivity contribution in [2.75, 3.05) is 24.5 Å². The van der Waals surface area contributed by atoms with Gasteiger partial charge in [-0.1, -0.05) is 121 Å². The van der Waals surface area contributed by atoms with Gasteiger partial charge in [0.1, 0.15) is 0 Å². The molecule has 1 aromatic rings. The van der Waals surface area contributed by atoms with Crippen molar-refractivity contribution in [3.63, 3.8) is 0 Å². The van der Waals surface area contributed by atoms with Crippen LogP contribution in [-0.4, -0.2) is 19.6 Å². The molecule has 0 saturated carbocycles. The molecule has 0 aromatic heterocycles. The molecule has 0 bridgehead atoms. The third kappa shape index (κ3) is 14.6. The van der Waals surface area contributed by atoms with E-state index in [9.17, 15) is 0 Å². The molecule has 2 nitrogen and oxygen atoms in total. The molecule has 180 valence electrons. The van der Waals surface area contributed by atoms with Gasteiger partial charge < -0.3 is 10.6 Å². The summed E-state index contributed by atoms with van der Waals surface area (Å²) < 4.78 is 0. The molecular formula is C29H54N2. The second-order valence-corrected chi connectivity index (χ2v) is 9.72. The molecule has 0 aliphatic rings. The first kappa shape index (κ1) is 28.0. The maximum atomic E-state index is 5.78. The fraction of sp³-hybridized carbons (Fsp3) is 0.793. The van der Waals surface area contributed by atoms with E-state index in [2.05, 4.69) is 43.9 Å². The molecule has 0 fully saturated rings. The average Bonchev–Trinajstić information content (AvgIpc) is 2.76. The SMILES string of the molecule is CCCCCCCCCCCCCCCCCCN(CCCN)c1ccc(C)cc1C. The van der Waals surface area contributed by atoms with Crippen LogP contribution in [-0.2, 0) is 0 Å². The Morgan fingerprint density at radius 3 is 1.52 bits per heavy atom. The number of rotatable bonds is 21. The number of benzene rings is 1. The molecule has 1 aromatic carbocycles. The Bertz CT molecular complexity index is 525. The van der Waals surface area contributed by atoms with Crippen molar-refractivity contribution in [2.45, 2.75) is 130 Å². The van der Waals surface area contributed by atoms with Crippen molar-refractivity contribution >= 4 is 5.69 Å². The molecule has 2 heteroatoms. The lowest BCUT2D eigenvalue weighted by atomic mass is 10.0. The van der Waals surface area contributed by atoms with Gasteiger partial charge in [-0.3, -0.25) is 0 Å². The van der Waals surface area contributed by atoms with E-state index < -0.39 is 0 Å². The molecule has 2 N–H and O–H groups in total. The standard InChI is InChI=1S/C29H54N2/c1-4-5-6-7-8-9-10-11-12-13-14-15-16-17-18-19-24-31(25-20-23-30)29-22-21-27(2)26-28(29)3/h21-22,26H,4-20,23-25,30H2,1-3H3. The van der Waals surface area contributed by atoms with E-state index in [0.717, 1.165) is 19.5 Å². The number of nitrogens with zero attached hydrogens (tertiary/aromatic N) is 1. The first-order chi connectivity index (χ1) is 15.2. The number of hydrogen-bond acceptors (Lipinski definition) is 2. The first-order valence-electron chi connectivity index (χ1n) is 13.7. The highest BCUT2D eigenvalue weighted by Crippen LogP contribution is 2.22. The predicted molar refractivity (Wildman–Crippen MR) is 141 cm³/mol. The quantitative estimate of drug-likeness (QED) is 0.197. The van der Waals surface area contributed by atoms with Crippen LogP contribution in [0.15, 0.2) is 18.2 Å². The second-order valence-electron chi connectivity index (χ2n) is 9.72. The van der Waals surface area contributed by atoms with Crippen LogP contribution >= 0.6 is 0 Å². The van der Waals surface area contributed by atoms with Gasteiger partial charge in [0.25, 0.3) is 0 Å². The summed E-state index contributed by atoms with van der Waals surface area (Å²) in [6, 6.07) is 6.84. The summed E-state index contributed by atoms with van der Waals surface area (Å²) in [4.78, 5) is 2.56. The summed E-state index contributed by atoms with van der Waals surface area (Å²) in [6.45, 7) is 9.75. The van der Waals surface area contributed by atoms with E-state index in [1.807, 2.05) is 0 Å². The van der Waals surface area contributed by atoms with Gasteiger partial charge >= 0.3 is 0 Å². The number of anilines is 1. The summed E-state index contributed by atoms with van der Waals surface area (Å²) >= 11 is 0. The topological polar surface area (TPSA) is 29.3 Å². The zero-order chi connectivity index (χ0) is 22.6. The van der Waals surface area contributed by atoms with Gasteiger partial charge in [0.2, 0.25) is 0 Å². The highest BCUT2D eigenvalue weighted by atomic mass is 15.1. The zero-order valence-corrected chi connectivity index (χ0v) is 21.4. The van der Waals surface area contributed by atoms with Gasteiger partial charge in [-0.15, -0.1) is 0 Å². The summed E-state index contributed by atoms with van der Waals surface area (Å²) in [5.41, 5.74) is 9.93. The van der Waals surface area contributed by atoms with Crippen molar-refractivity contribution in [3.05, 3.63) is 29.3 Å². The number of aryl methyl sites for hydroxylation is 2. The molecular weight excluding hydrogens is 376 g/mol. The fourth-order valence-electron chi connectivity index (χ4n) is 4.65. The van der Waals surface area contributed by atoms with Crippen molar-refractivity contribution in [3.8, 4) is 0 Å². The lowest BCUT2D eigenvalue weighted by Gasteiger charge is -2.27. The predicted octanol–water partition coefficient (Wildman–Crippen LogP) is 8.72. The van der Waals surface area contributed by atoms with Crippen LogP contribution in [0.25, 0.3) is 0 Å². The van der Waals surface area contributed by atoms with E-state index in [-0.39, 0.29) is 0 Å². The largest absolute Gasteiger partial charge is 0.371 e. The van der Waals surface area contributed by atoms with E-state index >= 15 is 0 Å². The molecule has 0 unspecified atom stereocenters. The maximum absolute atomic E-state index is 5.78. The summed E-state index contributed by atoms with van der Waals surface area (Å²) in [7, 11) is 0. The van der Waals surface area contributed by atoms with Gasteiger partial charge in [0.15, 0.2) is 0 Å². The van der Waals surface area contributed by atoms with E-state index in [1.165, 1.54) is 126 Å². The van der Waals surface area contributed by atoms with Crippen molar-refractivity contribution < 1.29 is 0 Å². The minimum absolute atomic E-state index is 0.778. The normalized spacial score (nSPS) is 11.2. The van der Waals surface area contributed by atoms with Gasteiger partial charge in [-0.2, -0.15) is 0 Å².